The third-order valence-electron chi connectivity index (χ3n) is 5.02. The first kappa shape index (κ1) is 25.3. The van der Waals surface area contributed by atoms with Crippen LogP contribution in [0.1, 0.15) is 24.8 Å². The number of ether oxygens (including phenoxy) is 1. The van der Waals surface area contributed by atoms with Gasteiger partial charge in [0, 0.05) is 32.8 Å². The number of halogens is 1. The number of sulfonamides is 1. The molecule has 0 aromatic heterocycles. The largest absolute Gasteiger partial charge is 0.377 e. The Labute approximate surface area is 195 Å². The van der Waals surface area contributed by atoms with Gasteiger partial charge in [0.2, 0.25) is 10.0 Å². The standard InChI is InChI=1S/C18H28N4O5S2.HI/c1-19-18(22-15-8-10-28(23,24)13-15)20-11-14-4-6-17(7-5-14)29(25,26)21-12-16-3-2-9-27-16;/h4-7,15-16,21H,2-3,8-13H2,1H3,(H2,19,20,22);1H. The molecule has 0 bridgehead atoms. The van der Waals surface area contributed by atoms with Crippen LogP contribution in [0.25, 0.3) is 0 Å². The van der Waals surface area contributed by atoms with Gasteiger partial charge in [0.1, 0.15) is 0 Å². The number of guanidine groups is 1. The molecule has 3 N–H and O–H groups in total. The Kier molecular flexibility index (Phi) is 9.33. The summed E-state index contributed by atoms with van der Waals surface area (Å²) < 4.78 is 56.0. The zero-order valence-corrected chi connectivity index (χ0v) is 20.8. The third kappa shape index (κ3) is 7.32. The van der Waals surface area contributed by atoms with E-state index in [0.717, 1.165) is 18.4 Å². The van der Waals surface area contributed by atoms with E-state index in [1.807, 2.05) is 0 Å². The Bertz CT molecular complexity index is 930. The van der Waals surface area contributed by atoms with Crippen LogP contribution in [-0.2, 0) is 31.1 Å². The van der Waals surface area contributed by atoms with E-state index in [1.165, 1.54) is 0 Å². The van der Waals surface area contributed by atoms with Crippen LogP contribution in [-0.4, -0.2) is 66.6 Å². The molecule has 9 nitrogen and oxygen atoms in total. The number of nitrogens with zero attached hydrogens (tertiary/aromatic N) is 1. The van der Waals surface area contributed by atoms with E-state index >= 15 is 0 Å². The lowest BCUT2D eigenvalue weighted by Gasteiger charge is -2.16. The molecule has 0 radical (unpaired) electrons. The molecule has 3 rings (SSSR count). The van der Waals surface area contributed by atoms with Crippen molar-refractivity contribution in [2.45, 2.75) is 42.8 Å². The summed E-state index contributed by atoms with van der Waals surface area (Å²) in [5.74, 6) is 0.819. The van der Waals surface area contributed by atoms with E-state index in [9.17, 15) is 16.8 Å². The van der Waals surface area contributed by atoms with Crippen LogP contribution in [0.4, 0.5) is 0 Å². The minimum atomic E-state index is -3.57. The maximum atomic E-state index is 12.4. The van der Waals surface area contributed by atoms with Gasteiger partial charge in [-0.2, -0.15) is 0 Å². The monoisotopic (exact) mass is 572 g/mol. The van der Waals surface area contributed by atoms with Crippen molar-refractivity contribution in [1.29, 1.82) is 0 Å². The van der Waals surface area contributed by atoms with Gasteiger partial charge in [-0.1, -0.05) is 12.1 Å². The Morgan fingerprint density at radius 3 is 2.53 bits per heavy atom. The summed E-state index contributed by atoms with van der Waals surface area (Å²) in [6.45, 7) is 1.40. The van der Waals surface area contributed by atoms with Gasteiger partial charge in [-0.05, 0) is 37.0 Å². The minimum Gasteiger partial charge on any atom is -0.377 e. The number of hydrogen-bond acceptors (Lipinski definition) is 6. The highest BCUT2D eigenvalue weighted by molar-refractivity contribution is 14.0. The molecule has 0 aliphatic carbocycles. The van der Waals surface area contributed by atoms with Gasteiger partial charge < -0.3 is 15.4 Å². The maximum absolute atomic E-state index is 12.4. The number of sulfone groups is 1. The summed E-state index contributed by atoms with van der Waals surface area (Å²) in [7, 11) is -4.91. The van der Waals surface area contributed by atoms with Gasteiger partial charge in [0.05, 0.1) is 22.5 Å². The smallest absolute Gasteiger partial charge is 0.240 e. The molecule has 2 fully saturated rings. The normalized spacial score (nSPS) is 23.7. The van der Waals surface area contributed by atoms with Crippen LogP contribution < -0.4 is 15.4 Å². The lowest BCUT2D eigenvalue weighted by Crippen LogP contribution is -2.43. The first-order chi connectivity index (χ1) is 13.8. The van der Waals surface area contributed by atoms with Crippen molar-refractivity contribution in [1.82, 2.24) is 15.4 Å². The fourth-order valence-electron chi connectivity index (χ4n) is 3.36. The van der Waals surface area contributed by atoms with Crippen molar-refractivity contribution in [3.63, 3.8) is 0 Å². The maximum Gasteiger partial charge on any atom is 0.240 e. The van der Waals surface area contributed by atoms with Crippen LogP contribution in [0.2, 0.25) is 0 Å². The molecule has 2 heterocycles. The van der Waals surface area contributed by atoms with Crippen molar-refractivity contribution >= 4 is 49.8 Å². The molecule has 170 valence electrons. The van der Waals surface area contributed by atoms with Crippen LogP contribution in [0.3, 0.4) is 0 Å². The van der Waals surface area contributed by atoms with E-state index in [2.05, 4.69) is 20.3 Å². The molecule has 0 saturated carbocycles. The van der Waals surface area contributed by atoms with E-state index in [1.54, 1.807) is 31.3 Å². The second kappa shape index (κ2) is 11.1. The topological polar surface area (TPSA) is 126 Å². The quantitative estimate of drug-likeness (QED) is 0.249. The average Bonchev–Trinajstić information content (AvgIpc) is 3.33. The predicted molar refractivity (Wildman–Crippen MR) is 126 cm³/mol. The molecule has 1 aromatic rings. The predicted octanol–water partition coefficient (Wildman–Crippen LogP) is 0.614. The molecule has 1 aromatic carbocycles. The minimum absolute atomic E-state index is 0. The third-order valence-corrected chi connectivity index (χ3v) is 8.22. The van der Waals surface area contributed by atoms with Crippen molar-refractivity contribution in [2.75, 3.05) is 31.7 Å². The van der Waals surface area contributed by atoms with E-state index in [0.29, 0.717) is 25.5 Å². The summed E-state index contributed by atoms with van der Waals surface area (Å²) in [6.07, 6.45) is 2.34. The highest BCUT2D eigenvalue weighted by atomic mass is 127. The molecule has 2 aliphatic rings. The molecule has 0 spiro atoms. The first-order valence-electron chi connectivity index (χ1n) is 9.65. The average molecular weight is 572 g/mol. The first-order valence-corrected chi connectivity index (χ1v) is 13.0. The fraction of sp³-hybridized carbons (Fsp3) is 0.611. The van der Waals surface area contributed by atoms with E-state index in [-0.39, 0.29) is 59.1 Å². The highest BCUT2D eigenvalue weighted by Crippen LogP contribution is 2.14. The molecule has 2 aliphatic heterocycles. The van der Waals surface area contributed by atoms with E-state index in [4.69, 9.17) is 4.74 Å². The second-order valence-electron chi connectivity index (χ2n) is 7.30. The number of benzene rings is 1. The Balaban J connectivity index is 0.00000320. The van der Waals surface area contributed by atoms with Gasteiger partial charge in [0.15, 0.2) is 15.8 Å². The van der Waals surface area contributed by atoms with Crippen LogP contribution in [0.5, 0.6) is 0 Å². The molecule has 30 heavy (non-hydrogen) atoms. The summed E-state index contributed by atoms with van der Waals surface area (Å²) in [5, 5.41) is 6.24. The Hall–Kier alpha value is -0.960. The van der Waals surface area contributed by atoms with Crippen LogP contribution in [0, 0.1) is 0 Å². The summed E-state index contributed by atoms with van der Waals surface area (Å²) in [6, 6.07) is 6.46. The van der Waals surface area contributed by atoms with Gasteiger partial charge in [-0.25, -0.2) is 21.6 Å². The van der Waals surface area contributed by atoms with Crippen molar-refractivity contribution in [2.24, 2.45) is 4.99 Å². The molecular formula is C18H29IN4O5S2. The second-order valence-corrected chi connectivity index (χ2v) is 11.3. The molecule has 12 heteroatoms. The Morgan fingerprint density at radius 2 is 1.97 bits per heavy atom. The Morgan fingerprint density at radius 1 is 1.23 bits per heavy atom. The number of rotatable bonds is 7. The highest BCUT2D eigenvalue weighted by Gasteiger charge is 2.28. The SMILES string of the molecule is CN=C(NCc1ccc(S(=O)(=O)NCC2CCCO2)cc1)NC1CCS(=O)(=O)C1.I. The molecule has 0 amide bonds. The zero-order chi connectivity index (χ0) is 20.9. The molecular weight excluding hydrogens is 543 g/mol. The molecule has 2 saturated heterocycles. The van der Waals surface area contributed by atoms with Gasteiger partial charge >= 0.3 is 0 Å². The van der Waals surface area contributed by atoms with Gasteiger partial charge in [0.25, 0.3) is 0 Å². The number of nitrogens with one attached hydrogen (secondary N) is 3. The lowest BCUT2D eigenvalue weighted by molar-refractivity contribution is 0.114. The summed E-state index contributed by atoms with van der Waals surface area (Å²) in [5.41, 5.74) is 0.880. The molecule has 2 unspecified atom stereocenters. The van der Waals surface area contributed by atoms with Gasteiger partial charge in [-0.15, -0.1) is 24.0 Å². The van der Waals surface area contributed by atoms with Crippen LogP contribution in [0.15, 0.2) is 34.2 Å². The number of aliphatic imine (C=N–C) groups is 1. The van der Waals surface area contributed by atoms with Crippen molar-refractivity contribution in [3.05, 3.63) is 29.8 Å². The van der Waals surface area contributed by atoms with E-state index < -0.39 is 19.9 Å². The van der Waals surface area contributed by atoms with Gasteiger partial charge in [-0.3, -0.25) is 4.99 Å². The lowest BCUT2D eigenvalue weighted by atomic mass is 10.2. The summed E-state index contributed by atoms with van der Waals surface area (Å²) >= 11 is 0. The molecule has 2 atom stereocenters. The number of hydrogen-bond donors (Lipinski definition) is 3. The fourth-order valence-corrected chi connectivity index (χ4v) is 6.10. The van der Waals surface area contributed by atoms with Crippen molar-refractivity contribution < 1.29 is 21.6 Å². The van der Waals surface area contributed by atoms with Crippen molar-refractivity contribution in [3.8, 4) is 0 Å². The zero-order valence-electron chi connectivity index (χ0n) is 16.8. The van der Waals surface area contributed by atoms with Crippen LogP contribution >= 0.6 is 24.0 Å². The summed E-state index contributed by atoms with van der Waals surface area (Å²) in [4.78, 5) is 4.32.